The molecule has 1 heterocycles. The Hall–Kier alpha value is -1.93. The van der Waals surface area contributed by atoms with Gasteiger partial charge in [0.05, 0.1) is 4.90 Å². The van der Waals surface area contributed by atoms with Gasteiger partial charge in [-0.2, -0.15) is 4.31 Å². The molecule has 0 saturated heterocycles. The van der Waals surface area contributed by atoms with Gasteiger partial charge in [0.2, 0.25) is 21.8 Å². The Morgan fingerprint density at radius 1 is 1.14 bits per heavy atom. The Kier molecular flexibility index (Phi) is 6.63. The average Bonchev–Trinajstić information content (AvgIpc) is 3.08. The summed E-state index contributed by atoms with van der Waals surface area (Å²) in [7, 11) is -3.59. The van der Waals surface area contributed by atoms with Crippen molar-refractivity contribution in [2.75, 3.05) is 18.0 Å². The van der Waals surface area contributed by atoms with Gasteiger partial charge in [-0.3, -0.25) is 14.5 Å². The van der Waals surface area contributed by atoms with Gasteiger partial charge in [-0.25, -0.2) is 8.42 Å². The summed E-state index contributed by atoms with van der Waals surface area (Å²) >= 11 is 0. The molecule has 0 radical (unpaired) electrons. The second kappa shape index (κ2) is 8.83. The zero-order chi connectivity index (χ0) is 21.2. The summed E-state index contributed by atoms with van der Waals surface area (Å²) in [6.07, 6.45) is 5.69. The van der Waals surface area contributed by atoms with Crippen LogP contribution in [-0.2, 0) is 26.0 Å². The molecule has 1 aromatic carbocycles. The van der Waals surface area contributed by atoms with Gasteiger partial charge in [0.15, 0.2) is 0 Å². The number of fused-ring (bicyclic) bond motifs is 1. The summed E-state index contributed by atoms with van der Waals surface area (Å²) < 4.78 is 27.1. The minimum Gasteiger partial charge on any atom is -0.352 e. The predicted octanol–water partition coefficient (Wildman–Crippen LogP) is 2.44. The lowest BCUT2D eigenvalue weighted by molar-refractivity contribution is -0.126. The quantitative estimate of drug-likeness (QED) is 0.764. The molecule has 1 saturated carbocycles. The monoisotopic (exact) mass is 421 g/mol. The highest BCUT2D eigenvalue weighted by Crippen LogP contribution is 2.35. The lowest BCUT2D eigenvalue weighted by atomic mass is 9.95. The number of sulfonamides is 1. The number of nitrogens with one attached hydrogen (secondary N) is 1. The van der Waals surface area contributed by atoms with Crippen LogP contribution in [0.5, 0.6) is 0 Å². The molecule has 2 amide bonds. The van der Waals surface area contributed by atoms with E-state index in [2.05, 4.69) is 5.32 Å². The fraction of sp³-hybridized carbons (Fsp3) is 0.619. The summed E-state index contributed by atoms with van der Waals surface area (Å²) in [4.78, 5) is 27.0. The Morgan fingerprint density at radius 2 is 1.79 bits per heavy atom. The van der Waals surface area contributed by atoms with Crippen molar-refractivity contribution in [1.82, 2.24) is 9.62 Å². The molecule has 7 nitrogen and oxygen atoms in total. The normalized spacial score (nSPS) is 20.0. The fourth-order valence-electron chi connectivity index (χ4n) is 4.44. The topological polar surface area (TPSA) is 86.8 Å². The summed E-state index contributed by atoms with van der Waals surface area (Å²) in [5.41, 5.74) is 1.34. The third-order valence-electron chi connectivity index (χ3n) is 5.97. The van der Waals surface area contributed by atoms with Gasteiger partial charge in [0.25, 0.3) is 0 Å². The maximum absolute atomic E-state index is 12.9. The van der Waals surface area contributed by atoms with E-state index in [4.69, 9.17) is 0 Å². The standard InChI is InChI=1S/C21H31N3O4S/c1-4-23(5-2)29(27,28)18-11-12-19-16(13-18)14-20(24(19)15(3)25)21(26)22-17-9-7-6-8-10-17/h11-13,17,20H,4-10,14H2,1-3H3,(H,22,26)/t20-/m0/s1. The summed E-state index contributed by atoms with van der Waals surface area (Å²) in [6.45, 7) is 5.83. The van der Waals surface area contributed by atoms with Crippen LogP contribution in [0.3, 0.4) is 0 Å². The van der Waals surface area contributed by atoms with Crippen LogP contribution in [0, 0.1) is 0 Å². The van der Waals surface area contributed by atoms with Crippen LogP contribution in [0.2, 0.25) is 0 Å². The molecule has 1 N–H and O–H groups in total. The molecule has 1 fully saturated rings. The summed E-state index contributed by atoms with van der Waals surface area (Å²) in [6, 6.07) is 4.33. The second-order valence-electron chi connectivity index (χ2n) is 7.83. The molecule has 8 heteroatoms. The summed E-state index contributed by atoms with van der Waals surface area (Å²) in [5.74, 6) is -0.372. The predicted molar refractivity (Wildman–Crippen MR) is 112 cm³/mol. The van der Waals surface area contributed by atoms with Gasteiger partial charge >= 0.3 is 0 Å². The summed E-state index contributed by atoms with van der Waals surface area (Å²) in [5, 5.41) is 3.10. The van der Waals surface area contributed by atoms with Gasteiger partial charge in [-0.05, 0) is 36.6 Å². The molecular weight excluding hydrogens is 390 g/mol. The largest absolute Gasteiger partial charge is 0.352 e. The van der Waals surface area contributed by atoms with Crippen molar-refractivity contribution in [3.8, 4) is 0 Å². The zero-order valence-corrected chi connectivity index (χ0v) is 18.3. The molecular formula is C21H31N3O4S. The highest BCUT2D eigenvalue weighted by Gasteiger charge is 2.38. The minimum absolute atomic E-state index is 0.156. The van der Waals surface area contributed by atoms with E-state index >= 15 is 0 Å². The molecule has 0 aromatic heterocycles. The van der Waals surface area contributed by atoms with E-state index in [0.29, 0.717) is 25.2 Å². The molecule has 2 aliphatic rings. The maximum atomic E-state index is 12.9. The van der Waals surface area contributed by atoms with Crippen LogP contribution in [0.1, 0.15) is 58.4 Å². The molecule has 29 heavy (non-hydrogen) atoms. The number of rotatable bonds is 6. The molecule has 1 aliphatic carbocycles. The van der Waals surface area contributed by atoms with Crippen molar-refractivity contribution in [3.05, 3.63) is 23.8 Å². The Morgan fingerprint density at radius 3 is 2.38 bits per heavy atom. The van der Waals surface area contributed by atoms with Crippen LogP contribution < -0.4 is 10.2 Å². The van der Waals surface area contributed by atoms with Gasteiger partial charge in [-0.1, -0.05) is 33.1 Å². The van der Waals surface area contributed by atoms with Gasteiger partial charge < -0.3 is 5.32 Å². The average molecular weight is 422 g/mol. The molecule has 0 unspecified atom stereocenters. The van der Waals surface area contributed by atoms with Crippen molar-refractivity contribution in [2.45, 2.75) is 76.3 Å². The first-order chi connectivity index (χ1) is 13.8. The zero-order valence-electron chi connectivity index (χ0n) is 17.5. The van der Waals surface area contributed by atoms with Crippen molar-refractivity contribution in [1.29, 1.82) is 0 Å². The number of hydrogen-bond donors (Lipinski definition) is 1. The van der Waals surface area contributed by atoms with E-state index in [1.54, 1.807) is 26.0 Å². The number of nitrogens with zero attached hydrogens (tertiary/aromatic N) is 2. The Labute approximate surface area is 173 Å². The molecule has 3 rings (SSSR count). The van der Waals surface area contributed by atoms with Gasteiger partial charge in [0.1, 0.15) is 6.04 Å². The van der Waals surface area contributed by atoms with E-state index in [1.807, 2.05) is 0 Å². The van der Waals surface area contributed by atoms with Crippen LogP contribution in [0.4, 0.5) is 5.69 Å². The van der Waals surface area contributed by atoms with Gasteiger partial charge in [0, 0.05) is 38.2 Å². The molecule has 160 valence electrons. The van der Waals surface area contributed by atoms with E-state index in [1.165, 1.54) is 28.6 Å². The van der Waals surface area contributed by atoms with E-state index in [9.17, 15) is 18.0 Å². The second-order valence-corrected chi connectivity index (χ2v) is 9.77. The number of carbonyl (C=O) groups is 2. The van der Waals surface area contributed by atoms with E-state index in [0.717, 1.165) is 31.2 Å². The Balaban J connectivity index is 1.86. The SMILES string of the molecule is CCN(CC)S(=O)(=O)c1ccc2c(c1)C[C@@H](C(=O)NC1CCCCC1)N2C(C)=O. The van der Waals surface area contributed by atoms with E-state index in [-0.39, 0.29) is 22.8 Å². The highest BCUT2D eigenvalue weighted by molar-refractivity contribution is 7.89. The van der Waals surface area contributed by atoms with Crippen LogP contribution in [-0.4, -0.2) is 49.7 Å². The third kappa shape index (κ3) is 4.33. The number of hydrogen-bond acceptors (Lipinski definition) is 4. The molecule has 1 atom stereocenters. The van der Waals surface area contributed by atoms with Crippen molar-refractivity contribution >= 4 is 27.5 Å². The van der Waals surface area contributed by atoms with Crippen molar-refractivity contribution in [3.63, 3.8) is 0 Å². The first kappa shape index (κ1) is 21.8. The first-order valence-electron chi connectivity index (χ1n) is 10.5. The lowest BCUT2D eigenvalue weighted by Crippen LogP contribution is -2.50. The molecule has 1 aliphatic heterocycles. The van der Waals surface area contributed by atoms with Crippen LogP contribution in [0.15, 0.2) is 23.1 Å². The van der Waals surface area contributed by atoms with Crippen molar-refractivity contribution in [2.24, 2.45) is 0 Å². The van der Waals surface area contributed by atoms with Crippen LogP contribution in [0.25, 0.3) is 0 Å². The smallest absolute Gasteiger partial charge is 0.243 e. The number of amides is 2. The number of benzene rings is 1. The molecule has 0 spiro atoms. The molecule has 1 aromatic rings. The van der Waals surface area contributed by atoms with Crippen LogP contribution >= 0.6 is 0 Å². The van der Waals surface area contributed by atoms with Gasteiger partial charge in [-0.15, -0.1) is 0 Å². The fourth-order valence-corrected chi connectivity index (χ4v) is 5.95. The third-order valence-corrected chi connectivity index (χ3v) is 8.02. The first-order valence-corrected chi connectivity index (χ1v) is 12.0. The van der Waals surface area contributed by atoms with Crippen molar-refractivity contribution < 1.29 is 18.0 Å². The van der Waals surface area contributed by atoms with E-state index < -0.39 is 16.1 Å². The highest BCUT2D eigenvalue weighted by atomic mass is 32.2. The number of anilines is 1. The molecule has 0 bridgehead atoms. The Bertz CT molecular complexity index is 874. The minimum atomic E-state index is -3.59. The lowest BCUT2D eigenvalue weighted by Gasteiger charge is -2.28. The number of carbonyl (C=O) groups excluding carboxylic acids is 2. The maximum Gasteiger partial charge on any atom is 0.243 e.